The summed E-state index contributed by atoms with van der Waals surface area (Å²) in [6, 6.07) is 0.216. The first kappa shape index (κ1) is 12.2. The van der Waals surface area contributed by atoms with Crippen LogP contribution in [0.5, 0.6) is 0 Å². The summed E-state index contributed by atoms with van der Waals surface area (Å²) in [5.41, 5.74) is -0.128. The van der Waals surface area contributed by atoms with Crippen LogP contribution in [0.25, 0.3) is 0 Å². The Labute approximate surface area is 103 Å². The number of alkyl halides is 1. The minimum Gasteiger partial charge on any atom is -0.351 e. The smallest absolute Gasteiger partial charge is 0.226 e. The van der Waals surface area contributed by atoms with Crippen molar-refractivity contribution in [1.82, 2.24) is 5.32 Å². The maximum Gasteiger partial charge on any atom is 0.226 e. The van der Waals surface area contributed by atoms with Gasteiger partial charge in [0.1, 0.15) is 0 Å². The van der Waals surface area contributed by atoms with Gasteiger partial charge in [-0.2, -0.15) is 0 Å². The van der Waals surface area contributed by atoms with E-state index in [0.717, 1.165) is 32.1 Å². The largest absolute Gasteiger partial charge is 0.351 e. The van der Waals surface area contributed by atoms with E-state index in [0.29, 0.717) is 0 Å². The van der Waals surface area contributed by atoms with E-state index in [-0.39, 0.29) is 22.7 Å². The van der Waals surface area contributed by atoms with E-state index < -0.39 is 0 Å². The first-order valence-corrected chi connectivity index (χ1v) is 7.00. The molecule has 2 rings (SSSR count). The van der Waals surface area contributed by atoms with Crippen molar-refractivity contribution < 1.29 is 4.79 Å². The quantitative estimate of drug-likeness (QED) is 0.742. The van der Waals surface area contributed by atoms with E-state index in [9.17, 15) is 4.79 Å². The zero-order valence-electron chi connectivity index (χ0n) is 10.1. The van der Waals surface area contributed by atoms with E-state index in [4.69, 9.17) is 11.6 Å². The Morgan fingerprint density at radius 1 is 1.19 bits per heavy atom. The highest BCUT2D eigenvalue weighted by Gasteiger charge is 2.37. The van der Waals surface area contributed by atoms with Gasteiger partial charge in [-0.3, -0.25) is 4.79 Å². The highest BCUT2D eigenvalue weighted by molar-refractivity contribution is 6.21. The van der Waals surface area contributed by atoms with Crippen molar-refractivity contribution in [3.05, 3.63) is 0 Å². The molecule has 2 fully saturated rings. The molecule has 2 unspecified atom stereocenters. The Bertz CT molecular complexity index is 261. The molecular formula is C13H22ClNO. The molecule has 0 aromatic carbocycles. The van der Waals surface area contributed by atoms with Gasteiger partial charge in [-0.25, -0.2) is 0 Å². The lowest BCUT2D eigenvalue weighted by Gasteiger charge is -2.33. The van der Waals surface area contributed by atoms with Crippen molar-refractivity contribution in [3.63, 3.8) is 0 Å². The highest BCUT2D eigenvalue weighted by atomic mass is 35.5. The zero-order valence-corrected chi connectivity index (χ0v) is 10.9. The predicted octanol–water partition coefficient (Wildman–Crippen LogP) is 3.23. The molecule has 2 aliphatic carbocycles. The second-order valence-electron chi connectivity index (χ2n) is 5.65. The number of hydrogen-bond donors (Lipinski definition) is 1. The molecule has 2 saturated carbocycles. The molecule has 0 aliphatic heterocycles. The van der Waals surface area contributed by atoms with Crippen LogP contribution in [0.15, 0.2) is 0 Å². The summed E-state index contributed by atoms with van der Waals surface area (Å²) >= 11 is 6.19. The molecule has 0 radical (unpaired) electrons. The lowest BCUT2D eigenvalue weighted by molar-refractivity contribution is -0.132. The van der Waals surface area contributed by atoms with Gasteiger partial charge in [0.05, 0.1) is 5.38 Å². The molecule has 1 amide bonds. The lowest BCUT2D eigenvalue weighted by atomic mass is 9.75. The van der Waals surface area contributed by atoms with Crippen molar-refractivity contribution in [2.75, 3.05) is 0 Å². The standard InChI is InChI=1S/C13H22ClNO/c1-13(8-3-2-4-9-13)12(16)15-11-7-5-6-10(11)14/h10-11H,2-9H2,1H3,(H,15,16). The number of halogens is 1. The number of hydrogen-bond acceptors (Lipinski definition) is 1. The van der Waals surface area contributed by atoms with Crippen LogP contribution in [0, 0.1) is 5.41 Å². The van der Waals surface area contributed by atoms with Gasteiger partial charge in [0.2, 0.25) is 5.91 Å². The lowest BCUT2D eigenvalue weighted by Crippen LogP contribution is -2.46. The third kappa shape index (κ3) is 2.53. The Morgan fingerprint density at radius 2 is 1.88 bits per heavy atom. The van der Waals surface area contributed by atoms with E-state index in [2.05, 4.69) is 12.2 Å². The van der Waals surface area contributed by atoms with Crippen LogP contribution in [-0.4, -0.2) is 17.3 Å². The van der Waals surface area contributed by atoms with Gasteiger partial charge < -0.3 is 5.32 Å². The van der Waals surface area contributed by atoms with Crippen molar-refractivity contribution in [3.8, 4) is 0 Å². The summed E-state index contributed by atoms with van der Waals surface area (Å²) in [4.78, 5) is 12.3. The molecule has 0 saturated heterocycles. The molecule has 16 heavy (non-hydrogen) atoms. The van der Waals surface area contributed by atoms with Crippen LogP contribution in [0.3, 0.4) is 0 Å². The van der Waals surface area contributed by atoms with E-state index in [1.807, 2.05) is 0 Å². The summed E-state index contributed by atoms with van der Waals surface area (Å²) < 4.78 is 0. The molecule has 0 aromatic rings. The number of rotatable bonds is 2. The molecule has 0 bridgehead atoms. The van der Waals surface area contributed by atoms with Crippen molar-refractivity contribution in [2.24, 2.45) is 5.41 Å². The fourth-order valence-corrected chi connectivity index (χ4v) is 3.32. The van der Waals surface area contributed by atoms with Crippen LogP contribution in [0.2, 0.25) is 0 Å². The summed E-state index contributed by atoms with van der Waals surface area (Å²) in [7, 11) is 0. The van der Waals surface area contributed by atoms with Crippen LogP contribution < -0.4 is 5.32 Å². The average molecular weight is 244 g/mol. The maximum atomic E-state index is 12.3. The van der Waals surface area contributed by atoms with Crippen LogP contribution in [0.1, 0.15) is 58.3 Å². The van der Waals surface area contributed by atoms with Crippen molar-refractivity contribution in [1.29, 1.82) is 0 Å². The molecule has 3 heteroatoms. The molecule has 2 aliphatic rings. The van der Waals surface area contributed by atoms with Crippen molar-refractivity contribution >= 4 is 17.5 Å². The minimum atomic E-state index is -0.128. The molecule has 0 aromatic heterocycles. The van der Waals surface area contributed by atoms with Crippen LogP contribution in [0.4, 0.5) is 0 Å². The van der Waals surface area contributed by atoms with Gasteiger partial charge in [-0.1, -0.05) is 26.2 Å². The Balaban J connectivity index is 1.91. The molecule has 2 nitrogen and oxygen atoms in total. The van der Waals surface area contributed by atoms with Gasteiger partial charge in [0.15, 0.2) is 0 Å². The third-order valence-corrected chi connectivity index (χ3v) is 4.78. The van der Waals surface area contributed by atoms with Gasteiger partial charge >= 0.3 is 0 Å². The Morgan fingerprint density at radius 3 is 2.44 bits per heavy atom. The van der Waals surface area contributed by atoms with E-state index in [1.165, 1.54) is 19.3 Å². The summed E-state index contributed by atoms with van der Waals surface area (Å²) in [5, 5.41) is 3.32. The van der Waals surface area contributed by atoms with Crippen molar-refractivity contribution in [2.45, 2.75) is 69.7 Å². The SMILES string of the molecule is CC1(C(=O)NC2CCCC2Cl)CCCCC1. The van der Waals surface area contributed by atoms with E-state index in [1.54, 1.807) is 0 Å². The molecular weight excluding hydrogens is 222 g/mol. The second kappa shape index (κ2) is 4.95. The molecule has 0 spiro atoms. The van der Waals surface area contributed by atoms with E-state index >= 15 is 0 Å². The number of carbonyl (C=O) groups excluding carboxylic acids is 1. The fraction of sp³-hybridized carbons (Fsp3) is 0.923. The Hall–Kier alpha value is -0.240. The maximum absolute atomic E-state index is 12.3. The molecule has 2 atom stereocenters. The van der Waals surface area contributed by atoms with Crippen LogP contribution >= 0.6 is 11.6 Å². The summed E-state index contributed by atoms with van der Waals surface area (Å²) in [5.74, 6) is 0.241. The second-order valence-corrected chi connectivity index (χ2v) is 6.21. The Kier molecular flexibility index (Phi) is 3.78. The summed E-state index contributed by atoms with van der Waals surface area (Å²) in [6.45, 7) is 2.11. The highest BCUT2D eigenvalue weighted by Crippen LogP contribution is 2.36. The minimum absolute atomic E-state index is 0.128. The first-order valence-electron chi connectivity index (χ1n) is 6.57. The first-order chi connectivity index (χ1) is 7.62. The number of carbonyl (C=O) groups is 1. The van der Waals surface area contributed by atoms with Gasteiger partial charge in [-0.15, -0.1) is 11.6 Å². The topological polar surface area (TPSA) is 29.1 Å². The van der Waals surface area contributed by atoms with Gasteiger partial charge in [0, 0.05) is 11.5 Å². The number of amides is 1. The summed E-state index contributed by atoms with van der Waals surface area (Å²) in [6.07, 6.45) is 8.99. The monoisotopic (exact) mass is 243 g/mol. The zero-order chi connectivity index (χ0) is 11.6. The fourth-order valence-electron chi connectivity index (χ4n) is 2.98. The van der Waals surface area contributed by atoms with Gasteiger partial charge in [-0.05, 0) is 32.1 Å². The van der Waals surface area contributed by atoms with Crippen LogP contribution in [-0.2, 0) is 4.79 Å². The average Bonchev–Trinajstić information content (AvgIpc) is 2.65. The normalized spacial score (nSPS) is 33.6. The van der Waals surface area contributed by atoms with Gasteiger partial charge in [0.25, 0.3) is 0 Å². The number of nitrogens with one attached hydrogen (secondary N) is 1. The molecule has 1 N–H and O–H groups in total. The molecule has 0 heterocycles. The predicted molar refractivity (Wildman–Crippen MR) is 66.6 cm³/mol. The molecule has 92 valence electrons. The third-order valence-electron chi connectivity index (χ3n) is 4.25.